The zero-order chi connectivity index (χ0) is 17.2. The predicted octanol–water partition coefficient (Wildman–Crippen LogP) is 3.78. The molecule has 0 N–H and O–H groups in total. The number of para-hydroxylation sites is 2. The maximum atomic E-state index is 12.2. The highest BCUT2D eigenvalue weighted by molar-refractivity contribution is 7.14. The van der Waals surface area contributed by atoms with Crippen LogP contribution in [0.15, 0.2) is 39.5 Å². The molecule has 4 rings (SSSR count). The second-order valence-corrected chi connectivity index (χ2v) is 7.38. The molecule has 1 aliphatic rings. The number of oxazole rings is 1. The van der Waals surface area contributed by atoms with E-state index in [1.165, 1.54) is 23.3 Å². The number of thiophene rings is 1. The summed E-state index contributed by atoms with van der Waals surface area (Å²) < 4.78 is 12.2. The molecule has 0 unspecified atom stereocenters. The summed E-state index contributed by atoms with van der Waals surface area (Å²) in [7, 11) is 0. The molecule has 0 fully saturated rings. The van der Waals surface area contributed by atoms with Crippen molar-refractivity contribution in [2.75, 3.05) is 6.61 Å². The first-order valence-electron chi connectivity index (χ1n) is 8.59. The Morgan fingerprint density at radius 2 is 2.08 bits per heavy atom. The van der Waals surface area contributed by atoms with Gasteiger partial charge in [0, 0.05) is 11.4 Å². The van der Waals surface area contributed by atoms with Gasteiger partial charge in [0.1, 0.15) is 4.88 Å². The van der Waals surface area contributed by atoms with E-state index in [9.17, 15) is 9.59 Å². The van der Waals surface area contributed by atoms with E-state index in [0.29, 0.717) is 23.4 Å². The molecule has 0 saturated carbocycles. The average molecular weight is 357 g/mol. The van der Waals surface area contributed by atoms with Crippen molar-refractivity contribution in [3.8, 4) is 0 Å². The Kier molecular flexibility index (Phi) is 4.44. The highest BCUT2D eigenvalue weighted by Gasteiger charge is 2.18. The molecule has 6 heteroatoms. The summed E-state index contributed by atoms with van der Waals surface area (Å²) in [4.78, 5) is 26.1. The maximum absolute atomic E-state index is 12.2. The number of esters is 1. The molecular weight excluding hydrogens is 338 g/mol. The number of benzene rings is 1. The number of aromatic nitrogens is 1. The van der Waals surface area contributed by atoms with Gasteiger partial charge in [0.2, 0.25) is 0 Å². The van der Waals surface area contributed by atoms with Crippen LogP contribution in [0.25, 0.3) is 11.1 Å². The van der Waals surface area contributed by atoms with Gasteiger partial charge in [-0.15, -0.1) is 11.3 Å². The summed E-state index contributed by atoms with van der Waals surface area (Å²) in [5, 5.41) is 0. The average Bonchev–Trinajstić information content (AvgIpc) is 3.19. The van der Waals surface area contributed by atoms with E-state index in [4.69, 9.17) is 9.15 Å². The smallest absolute Gasteiger partial charge is 0.419 e. The van der Waals surface area contributed by atoms with Crippen LogP contribution in [0.1, 0.15) is 39.4 Å². The number of aryl methyl sites for hydroxylation is 3. The minimum atomic E-state index is -0.376. The second kappa shape index (κ2) is 6.88. The quantitative estimate of drug-likeness (QED) is 0.515. The molecule has 1 aromatic carbocycles. The molecule has 0 saturated heterocycles. The fourth-order valence-electron chi connectivity index (χ4n) is 3.28. The van der Waals surface area contributed by atoms with Gasteiger partial charge in [0.05, 0.1) is 12.1 Å². The van der Waals surface area contributed by atoms with E-state index in [0.717, 1.165) is 18.4 Å². The number of nitrogens with zero attached hydrogens (tertiary/aromatic N) is 1. The van der Waals surface area contributed by atoms with E-state index in [-0.39, 0.29) is 18.3 Å². The SMILES string of the molecule is O=C(OCCCn1c(=O)oc2ccccc21)c1cc2c(s1)CCCC2. The molecule has 5 nitrogen and oxygen atoms in total. The number of hydrogen-bond donors (Lipinski definition) is 0. The van der Waals surface area contributed by atoms with Crippen LogP contribution in [0.2, 0.25) is 0 Å². The van der Waals surface area contributed by atoms with Gasteiger partial charge in [-0.3, -0.25) is 4.57 Å². The van der Waals surface area contributed by atoms with E-state index in [2.05, 4.69) is 0 Å². The Hall–Kier alpha value is -2.34. The number of carbonyl (C=O) groups excluding carboxylic acids is 1. The predicted molar refractivity (Wildman–Crippen MR) is 96.3 cm³/mol. The summed E-state index contributed by atoms with van der Waals surface area (Å²) in [6, 6.07) is 9.30. The minimum Gasteiger partial charge on any atom is -0.461 e. The molecule has 130 valence electrons. The Morgan fingerprint density at radius 1 is 1.24 bits per heavy atom. The molecule has 0 atom stereocenters. The van der Waals surface area contributed by atoms with Crippen LogP contribution in [-0.2, 0) is 24.1 Å². The monoisotopic (exact) mass is 357 g/mol. The third kappa shape index (κ3) is 3.26. The van der Waals surface area contributed by atoms with Gasteiger partial charge in [-0.05, 0) is 55.9 Å². The zero-order valence-corrected chi connectivity index (χ0v) is 14.6. The van der Waals surface area contributed by atoms with Crippen molar-refractivity contribution in [1.82, 2.24) is 4.57 Å². The molecule has 2 heterocycles. The summed E-state index contributed by atoms with van der Waals surface area (Å²) in [5.74, 6) is -0.637. The molecule has 2 aromatic heterocycles. The molecule has 0 spiro atoms. The largest absolute Gasteiger partial charge is 0.461 e. The molecule has 0 amide bonds. The molecule has 3 aromatic rings. The molecule has 0 radical (unpaired) electrons. The van der Waals surface area contributed by atoms with Gasteiger partial charge >= 0.3 is 11.7 Å². The first kappa shape index (κ1) is 16.1. The standard InChI is InChI=1S/C19H19NO4S/c21-18(17-12-13-6-1-4-9-16(13)25-17)23-11-5-10-20-14-7-2-3-8-15(14)24-19(20)22/h2-3,7-8,12H,1,4-6,9-11H2. The fourth-order valence-corrected chi connectivity index (χ4v) is 4.42. The Bertz CT molecular complexity index is 942. The Labute approximate surface area is 148 Å². The lowest BCUT2D eigenvalue weighted by atomic mass is 9.99. The number of carbonyl (C=O) groups is 1. The van der Waals surface area contributed by atoms with Crippen LogP contribution < -0.4 is 5.76 Å². The van der Waals surface area contributed by atoms with Crippen molar-refractivity contribution >= 4 is 28.4 Å². The third-order valence-electron chi connectivity index (χ3n) is 4.53. The normalized spacial score (nSPS) is 13.8. The number of fused-ring (bicyclic) bond motifs is 2. The van der Waals surface area contributed by atoms with Gasteiger partial charge in [-0.25, -0.2) is 9.59 Å². The van der Waals surface area contributed by atoms with Gasteiger partial charge < -0.3 is 9.15 Å². The van der Waals surface area contributed by atoms with E-state index < -0.39 is 0 Å². The van der Waals surface area contributed by atoms with Crippen LogP contribution >= 0.6 is 11.3 Å². The number of hydrogen-bond acceptors (Lipinski definition) is 5. The Morgan fingerprint density at radius 3 is 2.96 bits per heavy atom. The molecule has 25 heavy (non-hydrogen) atoms. The van der Waals surface area contributed by atoms with Crippen molar-refractivity contribution in [2.45, 2.75) is 38.6 Å². The van der Waals surface area contributed by atoms with Crippen LogP contribution in [0.3, 0.4) is 0 Å². The maximum Gasteiger partial charge on any atom is 0.419 e. The lowest BCUT2D eigenvalue weighted by Gasteiger charge is -2.08. The molecule has 0 aliphatic heterocycles. The van der Waals surface area contributed by atoms with Crippen molar-refractivity contribution in [3.05, 3.63) is 56.2 Å². The minimum absolute atomic E-state index is 0.260. The first-order chi connectivity index (χ1) is 12.2. The van der Waals surface area contributed by atoms with E-state index in [1.807, 2.05) is 24.3 Å². The Balaban J connectivity index is 1.34. The summed E-state index contributed by atoms with van der Waals surface area (Å²) in [6.07, 6.45) is 5.11. The zero-order valence-electron chi connectivity index (χ0n) is 13.8. The third-order valence-corrected chi connectivity index (χ3v) is 5.75. The summed E-state index contributed by atoms with van der Waals surface area (Å²) in [5.41, 5.74) is 2.65. The molecular formula is C19H19NO4S. The van der Waals surface area contributed by atoms with E-state index >= 15 is 0 Å². The van der Waals surface area contributed by atoms with Crippen LogP contribution in [0.5, 0.6) is 0 Å². The molecule has 0 bridgehead atoms. The number of ether oxygens (including phenoxy) is 1. The van der Waals surface area contributed by atoms with Crippen LogP contribution in [0, 0.1) is 0 Å². The fraction of sp³-hybridized carbons (Fsp3) is 0.368. The van der Waals surface area contributed by atoms with Gasteiger partial charge in [0.25, 0.3) is 0 Å². The van der Waals surface area contributed by atoms with Crippen molar-refractivity contribution in [1.29, 1.82) is 0 Å². The van der Waals surface area contributed by atoms with Crippen LogP contribution in [0.4, 0.5) is 0 Å². The van der Waals surface area contributed by atoms with Crippen molar-refractivity contribution in [3.63, 3.8) is 0 Å². The van der Waals surface area contributed by atoms with Crippen LogP contribution in [-0.4, -0.2) is 17.1 Å². The van der Waals surface area contributed by atoms with Gasteiger partial charge in [0.15, 0.2) is 5.58 Å². The lowest BCUT2D eigenvalue weighted by Crippen LogP contribution is -2.16. The van der Waals surface area contributed by atoms with E-state index in [1.54, 1.807) is 22.0 Å². The number of rotatable bonds is 5. The molecule has 1 aliphatic carbocycles. The topological polar surface area (TPSA) is 61.4 Å². The van der Waals surface area contributed by atoms with Crippen molar-refractivity contribution < 1.29 is 13.9 Å². The lowest BCUT2D eigenvalue weighted by molar-refractivity contribution is 0.0501. The first-order valence-corrected chi connectivity index (χ1v) is 9.41. The van der Waals surface area contributed by atoms with Gasteiger partial charge in [-0.2, -0.15) is 0 Å². The highest BCUT2D eigenvalue weighted by Crippen LogP contribution is 2.30. The summed E-state index contributed by atoms with van der Waals surface area (Å²) in [6.45, 7) is 0.747. The summed E-state index contributed by atoms with van der Waals surface area (Å²) >= 11 is 1.56. The van der Waals surface area contributed by atoms with Crippen molar-refractivity contribution in [2.24, 2.45) is 0 Å². The second-order valence-electron chi connectivity index (χ2n) is 6.24. The van der Waals surface area contributed by atoms with Gasteiger partial charge in [-0.1, -0.05) is 12.1 Å². The highest BCUT2D eigenvalue weighted by atomic mass is 32.1.